The second kappa shape index (κ2) is 17.3. The first-order valence-corrected chi connectivity index (χ1v) is 14.8. The lowest BCUT2D eigenvalue weighted by molar-refractivity contribution is -0.139. The first kappa shape index (κ1) is 33.6. The topological polar surface area (TPSA) is 117 Å². The Balaban J connectivity index is 1.70. The van der Waals surface area contributed by atoms with Crippen molar-refractivity contribution >= 4 is 40.9 Å². The van der Waals surface area contributed by atoms with Crippen molar-refractivity contribution in [2.45, 2.75) is 39.5 Å². The van der Waals surface area contributed by atoms with Gasteiger partial charge in [0.15, 0.2) is 6.61 Å². The minimum Gasteiger partial charge on any atom is -0.482 e. The van der Waals surface area contributed by atoms with Crippen molar-refractivity contribution in [2.24, 2.45) is 5.92 Å². The molecule has 0 heterocycles. The Bertz CT molecular complexity index is 1390. The third kappa shape index (κ3) is 10.1. The van der Waals surface area contributed by atoms with Crippen molar-refractivity contribution in [3.63, 3.8) is 0 Å². The van der Waals surface area contributed by atoms with E-state index in [1.54, 1.807) is 60.5 Å². The zero-order valence-corrected chi connectivity index (χ0v) is 25.9. The zero-order valence-electron chi connectivity index (χ0n) is 25.9. The summed E-state index contributed by atoms with van der Waals surface area (Å²) in [5, 5.41) is 5.34. The second-order valence-electron chi connectivity index (χ2n) is 10.3. The number of amides is 4. The Morgan fingerprint density at radius 3 is 2.27 bits per heavy atom. The van der Waals surface area contributed by atoms with Gasteiger partial charge in [-0.1, -0.05) is 69.2 Å². The van der Waals surface area contributed by atoms with E-state index < -0.39 is 6.03 Å². The molecular weight excluding hydrogens is 560 g/mol. The highest BCUT2D eigenvalue weighted by Crippen LogP contribution is 2.29. The number of hydrogen-bond donors (Lipinski definition) is 2. The normalized spacial score (nSPS) is 10.6. The molecule has 0 unspecified atom stereocenters. The first-order valence-electron chi connectivity index (χ1n) is 14.8. The van der Waals surface area contributed by atoms with E-state index >= 15 is 0 Å². The van der Waals surface area contributed by atoms with E-state index in [9.17, 15) is 19.2 Å². The summed E-state index contributed by atoms with van der Waals surface area (Å²) in [6.07, 6.45) is 2.80. The largest absolute Gasteiger partial charge is 0.482 e. The quantitative estimate of drug-likeness (QED) is 0.224. The maximum absolute atomic E-state index is 13.6. The molecule has 4 amide bonds. The van der Waals surface area contributed by atoms with E-state index in [0.29, 0.717) is 35.2 Å². The Morgan fingerprint density at radius 1 is 0.864 bits per heavy atom. The van der Waals surface area contributed by atoms with Crippen molar-refractivity contribution in [3.05, 3.63) is 84.4 Å². The lowest BCUT2D eigenvalue weighted by Gasteiger charge is -2.27. The molecule has 0 aliphatic carbocycles. The van der Waals surface area contributed by atoms with Gasteiger partial charge in [0.05, 0.1) is 25.8 Å². The van der Waals surface area contributed by atoms with Gasteiger partial charge in [0.2, 0.25) is 5.91 Å². The molecule has 0 atom stereocenters. The van der Waals surface area contributed by atoms with Crippen LogP contribution in [0.2, 0.25) is 0 Å². The number of urea groups is 1. The zero-order chi connectivity index (χ0) is 31.9. The number of ether oxygens (including phenoxy) is 2. The van der Waals surface area contributed by atoms with Crippen LogP contribution in [0, 0.1) is 5.92 Å². The first-order chi connectivity index (χ1) is 21.2. The Morgan fingerprint density at radius 2 is 1.57 bits per heavy atom. The standard InChI is InChI=1S/C34H42N4O6/c1-5-25(6-2)19-20-38(31(39)23-35-34(42)36-27-14-12-13-26(21-27)22-33(41)43-4)29-17-10-11-18-30(29)44-24-32(40)37(3)28-15-8-7-9-16-28/h7-18,21,25H,5-6,19-20,22-24H2,1-4H3,(H2,35,36,42). The number of carbonyl (C=O) groups is 4. The van der Waals surface area contributed by atoms with Crippen LogP contribution < -0.4 is 25.2 Å². The van der Waals surface area contributed by atoms with E-state index in [4.69, 9.17) is 9.47 Å². The monoisotopic (exact) mass is 602 g/mol. The number of carbonyl (C=O) groups excluding carboxylic acids is 4. The number of benzene rings is 3. The van der Waals surface area contributed by atoms with Crippen molar-refractivity contribution in [1.29, 1.82) is 0 Å². The van der Waals surface area contributed by atoms with Crippen LogP contribution in [0.5, 0.6) is 5.75 Å². The summed E-state index contributed by atoms with van der Waals surface area (Å²) in [5.41, 5.74) is 2.43. The van der Waals surface area contributed by atoms with Gasteiger partial charge < -0.3 is 29.9 Å². The number of anilines is 3. The average Bonchev–Trinajstić information content (AvgIpc) is 3.05. The Labute approximate surface area is 259 Å². The Hall–Kier alpha value is -4.86. The number of rotatable bonds is 15. The number of para-hydroxylation sites is 3. The van der Waals surface area contributed by atoms with E-state index in [0.717, 1.165) is 24.9 Å². The van der Waals surface area contributed by atoms with E-state index in [1.165, 1.54) is 12.0 Å². The molecule has 3 aromatic rings. The summed E-state index contributed by atoms with van der Waals surface area (Å²) in [6.45, 7) is 4.19. The minimum absolute atomic E-state index is 0.0766. The Kier molecular flexibility index (Phi) is 13.2. The number of esters is 1. The summed E-state index contributed by atoms with van der Waals surface area (Å²) >= 11 is 0. The maximum atomic E-state index is 13.6. The third-order valence-corrected chi connectivity index (χ3v) is 7.40. The lowest BCUT2D eigenvalue weighted by atomic mass is 9.99. The van der Waals surface area contributed by atoms with Gasteiger partial charge in [-0.25, -0.2) is 4.79 Å². The highest BCUT2D eigenvalue weighted by molar-refractivity contribution is 5.99. The van der Waals surface area contributed by atoms with Crippen LogP contribution in [0.15, 0.2) is 78.9 Å². The smallest absolute Gasteiger partial charge is 0.319 e. The fourth-order valence-corrected chi connectivity index (χ4v) is 4.65. The fourth-order valence-electron chi connectivity index (χ4n) is 4.65. The van der Waals surface area contributed by atoms with Crippen LogP contribution in [0.25, 0.3) is 0 Å². The molecule has 234 valence electrons. The molecule has 0 aliphatic rings. The minimum atomic E-state index is -0.562. The maximum Gasteiger partial charge on any atom is 0.319 e. The number of nitrogens with one attached hydrogen (secondary N) is 2. The van der Waals surface area contributed by atoms with Gasteiger partial charge >= 0.3 is 12.0 Å². The molecule has 3 aromatic carbocycles. The highest BCUT2D eigenvalue weighted by atomic mass is 16.5. The van der Waals surface area contributed by atoms with Gasteiger partial charge in [-0.05, 0) is 54.3 Å². The van der Waals surface area contributed by atoms with Crippen LogP contribution >= 0.6 is 0 Å². The van der Waals surface area contributed by atoms with Crippen molar-refractivity contribution < 1.29 is 28.7 Å². The van der Waals surface area contributed by atoms with Gasteiger partial charge in [0.25, 0.3) is 5.91 Å². The second-order valence-corrected chi connectivity index (χ2v) is 10.3. The molecule has 0 saturated heterocycles. The van der Waals surface area contributed by atoms with Crippen LogP contribution in [0.3, 0.4) is 0 Å². The molecule has 2 N–H and O–H groups in total. The predicted molar refractivity (Wildman–Crippen MR) is 172 cm³/mol. The number of likely N-dealkylation sites (N-methyl/N-ethyl adjacent to an activating group) is 1. The summed E-state index contributed by atoms with van der Waals surface area (Å²) in [7, 11) is 3.00. The summed E-state index contributed by atoms with van der Waals surface area (Å²) in [6, 6.07) is 22.6. The molecule has 0 saturated carbocycles. The lowest BCUT2D eigenvalue weighted by Crippen LogP contribution is -2.42. The third-order valence-electron chi connectivity index (χ3n) is 7.40. The van der Waals surface area contributed by atoms with Gasteiger partial charge in [0.1, 0.15) is 5.75 Å². The van der Waals surface area contributed by atoms with Crippen LogP contribution in [-0.4, -0.2) is 57.7 Å². The van der Waals surface area contributed by atoms with Crippen molar-refractivity contribution in [2.75, 3.05) is 49.0 Å². The van der Waals surface area contributed by atoms with E-state index in [-0.39, 0.29) is 37.4 Å². The number of nitrogens with zero attached hydrogens (tertiary/aromatic N) is 2. The van der Waals surface area contributed by atoms with E-state index in [1.807, 2.05) is 30.3 Å². The molecule has 0 bridgehead atoms. The van der Waals surface area contributed by atoms with Crippen molar-refractivity contribution in [1.82, 2.24) is 5.32 Å². The van der Waals surface area contributed by atoms with Crippen LogP contribution in [-0.2, 0) is 25.5 Å². The van der Waals surface area contributed by atoms with Crippen LogP contribution in [0.4, 0.5) is 21.9 Å². The summed E-state index contributed by atoms with van der Waals surface area (Å²) in [5.74, 6) is -0.133. The van der Waals surface area contributed by atoms with Crippen molar-refractivity contribution in [3.8, 4) is 5.75 Å². The molecular formula is C34H42N4O6. The van der Waals surface area contributed by atoms with E-state index in [2.05, 4.69) is 24.5 Å². The van der Waals surface area contributed by atoms with Gasteiger partial charge in [-0.2, -0.15) is 0 Å². The van der Waals surface area contributed by atoms with Gasteiger partial charge in [-0.15, -0.1) is 0 Å². The summed E-state index contributed by atoms with van der Waals surface area (Å²) < 4.78 is 10.7. The number of hydrogen-bond acceptors (Lipinski definition) is 6. The predicted octanol–water partition coefficient (Wildman–Crippen LogP) is 5.42. The SMILES string of the molecule is CCC(CC)CCN(C(=O)CNC(=O)Nc1cccc(CC(=O)OC)c1)c1ccccc1OCC(=O)N(C)c1ccccc1. The molecule has 0 aliphatic heterocycles. The molecule has 10 heteroatoms. The fraction of sp³-hybridized carbons (Fsp3) is 0.353. The molecule has 0 aromatic heterocycles. The molecule has 0 fully saturated rings. The van der Waals surface area contributed by atoms with Gasteiger partial charge in [0, 0.05) is 25.0 Å². The summed E-state index contributed by atoms with van der Waals surface area (Å²) in [4.78, 5) is 53.9. The average molecular weight is 603 g/mol. The molecule has 10 nitrogen and oxygen atoms in total. The van der Waals surface area contributed by atoms with Crippen LogP contribution in [0.1, 0.15) is 38.7 Å². The molecule has 44 heavy (non-hydrogen) atoms. The highest BCUT2D eigenvalue weighted by Gasteiger charge is 2.22. The molecule has 0 radical (unpaired) electrons. The molecule has 3 rings (SSSR count). The van der Waals surface area contributed by atoms with Gasteiger partial charge in [-0.3, -0.25) is 14.4 Å². The number of methoxy groups -OCH3 is 1. The molecule has 0 spiro atoms.